The van der Waals surface area contributed by atoms with Gasteiger partial charge in [0.25, 0.3) is 6.43 Å². The van der Waals surface area contributed by atoms with Gasteiger partial charge in [0.05, 0.1) is 13.7 Å². The summed E-state index contributed by atoms with van der Waals surface area (Å²) < 4.78 is 35.0. The average Bonchev–Trinajstić information content (AvgIpc) is 2.27. The van der Waals surface area contributed by atoms with Gasteiger partial charge in [-0.1, -0.05) is 0 Å². The number of carbonyl (C=O) groups excluding carboxylic acids is 1. The molecule has 0 bridgehead atoms. The molecule has 0 amide bonds. The van der Waals surface area contributed by atoms with E-state index in [1.807, 2.05) is 0 Å². The second kappa shape index (κ2) is 5.42. The van der Waals surface area contributed by atoms with Gasteiger partial charge in [0.2, 0.25) is 0 Å². The monoisotopic (exact) mass is 246 g/mol. The molecule has 1 aromatic rings. The van der Waals surface area contributed by atoms with E-state index in [4.69, 9.17) is 15.2 Å². The standard InChI is InChI=1S/C10H12F2N2O3/c1-3-17-10(15)5-4-14-9(13)6(8(11)12)7(5)16-2/h4,8H,3H2,1-2H3,(H2,13,14). The maximum atomic E-state index is 12.8. The Hall–Kier alpha value is -1.92. The van der Waals surface area contributed by atoms with Crippen molar-refractivity contribution in [3.8, 4) is 5.75 Å². The van der Waals surface area contributed by atoms with Crippen molar-refractivity contribution in [1.82, 2.24) is 4.98 Å². The second-order valence-corrected chi connectivity index (χ2v) is 3.03. The van der Waals surface area contributed by atoms with Crippen LogP contribution in [-0.4, -0.2) is 24.7 Å². The summed E-state index contributed by atoms with van der Waals surface area (Å²) in [6.45, 7) is 1.72. The summed E-state index contributed by atoms with van der Waals surface area (Å²) in [7, 11) is 1.17. The van der Waals surface area contributed by atoms with Crippen LogP contribution in [0.5, 0.6) is 5.75 Å². The normalized spacial score (nSPS) is 10.4. The first-order chi connectivity index (χ1) is 8.02. The number of nitrogens with two attached hydrogens (primary N) is 1. The van der Waals surface area contributed by atoms with Crippen LogP contribution in [0.15, 0.2) is 6.20 Å². The van der Waals surface area contributed by atoms with E-state index in [0.717, 1.165) is 6.20 Å². The number of nitrogen functional groups attached to an aromatic ring is 1. The molecule has 1 rings (SSSR count). The van der Waals surface area contributed by atoms with E-state index in [1.54, 1.807) is 6.92 Å². The molecule has 0 fully saturated rings. The lowest BCUT2D eigenvalue weighted by molar-refractivity contribution is 0.0521. The quantitative estimate of drug-likeness (QED) is 0.820. The molecule has 0 aliphatic carbocycles. The lowest BCUT2D eigenvalue weighted by Gasteiger charge is -2.13. The Bertz CT molecular complexity index is 424. The molecule has 0 saturated heterocycles. The Labute approximate surface area is 96.5 Å². The number of ether oxygens (including phenoxy) is 2. The summed E-state index contributed by atoms with van der Waals surface area (Å²) in [5, 5.41) is 0. The highest BCUT2D eigenvalue weighted by atomic mass is 19.3. The highest BCUT2D eigenvalue weighted by molar-refractivity contribution is 5.93. The molecule has 17 heavy (non-hydrogen) atoms. The van der Waals surface area contributed by atoms with Gasteiger partial charge in [0.1, 0.15) is 22.7 Å². The van der Waals surface area contributed by atoms with Crippen LogP contribution in [0.4, 0.5) is 14.6 Å². The molecule has 1 aromatic heterocycles. The molecule has 0 radical (unpaired) electrons. The van der Waals surface area contributed by atoms with Gasteiger partial charge < -0.3 is 15.2 Å². The number of nitrogens with zero attached hydrogens (tertiary/aromatic N) is 1. The minimum atomic E-state index is -2.88. The van der Waals surface area contributed by atoms with Gasteiger partial charge in [-0.25, -0.2) is 18.6 Å². The van der Waals surface area contributed by atoms with E-state index >= 15 is 0 Å². The number of anilines is 1. The van der Waals surface area contributed by atoms with Crippen molar-refractivity contribution >= 4 is 11.8 Å². The second-order valence-electron chi connectivity index (χ2n) is 3.03. The van der Waals surface area contributed by atoms with Crippen molar-refractivity contribution in [1.29, 1.82) is 0 Å². The Balaban J connectivity index is 3.32. The molecule has 0 saturated carbocycles. The highest BCUT2D eigenvalue weighted by Crippen LogP contribution is 2.35. The number of carbonyl (C=O) groups is 1. The Morgan fingerprint density at radius 2 is 2.24 bits per heavy atom. The van der Waals surface area contributed by atoms with Crippen LogP contribution < -0.4 is 10.5 Å². The van der Waals surface area contributed by atoms with Crippen LogP contribution in [0, 0.1) is 0 Å². The van der Waals surface area contributed by atoms with Gasteiger partial charge in [0, 0.05) is 6.20 Å². The minimum absolute atomic E-state index is 0.121. The Morgan fingerprint density at radius 1 is 1.59 bits per heavy atom. The van der Waals surface area contributed by atoms with Gasteiger partial charge in [0.15, 0.2) is 0 Å². The van der Waals surface area contributed by atoms with Gasteiger partial charge in [-0.2, -0.15) is 0 Å². The van der Waals surface area contributed by atoms with E-state index < -0.39 is 18.0 Å². The lowest BCUT2D eigenvalue weighted by atomic mass is 10.1. The Kier molecular flexibility index (Phi) is 4.19. The summed E-state index contributed by atoms with van der Waals surface area (Å²) in [6.07, 6.45) is -1.83. The number of halogens is 2. The third-order valence-corrected chi connectivity index (χ3v) is 2.02. The van der Waals surface area contributed by atoms with Crippen molar-refractivity contribution < 1.29 is 23.0 Å². The van der Waals surface area contributed by atoms with E-state index in [9.17, 15) is 13.6 Å². The number of alkyl halides is 2. The zero-order valence-corrected chi connectivity index (χ0v) is 9.37. The van der Waals surface area contributed by atoms with Crippen molar-refractivity contribution in [2.75, 3.05) is 19.5 Å². The molecule has 7 heteroatoms. The molecule has 0 aliphatic rings. The number of pyridine rings is 1. The third-order valence-electron chi connectivity index (χ3n) is 2.02. The first-order valence-electron chi connectivity index (χ1n) is 4.80. The number of hydrogen-bond donors (Lipinski definition) is 1. The summed E-state index contributed by atoms with van der Waals surface area (Å²) in [5.41, 5.74) is 4.55. The van der Waals surface area contributed by atoms with Crippen molar-refractivity contribution in [2.45, 2.75) is 13.3 Å². The smallest absolute Gasteiger partial charge is 0.343 e. The van der Waals surface area contributed by atoms with Crippen LogP contribution in [0.2, 0.25) is 0 Å². The molecule has 94 valence electrons. The molecule has 0 unspecified atom stereocenters. The van der Waals surface area contributed by atoms with E-state index in [2.05, 4.69) is 4.98 Å². The zero-order chi connectivity index (χ0) is 13.0. The number of esters is 1. The number of rotatable bonds is 4. The van der Waals surface area contributed by atoms with E-state index in [1.165, 1.54) is 7.11 Å². The Morgan fingerprint density at radius 3 is 2.71 bits per heavy atom. The zero-order valence-electron chi connectivity index (χ0n) is 9.37. The molecule has 0 aromatic carbocycles. The number of aromatic nitrogens is 1. The molecule has 0 atom stereocenters. The van der Waals surface area contributed by atoms with E-state index in [0.29, 0.717) is 0 Å². The molecule has 1 heterocycles. The first-order valence-corrected chi connectivity index (χ1v) is 4.80. The molecular weight excluding hydrogens is 234 g/mol. The van der Waals surface area contributed by atoms with Gasteiger partial charge in [-0.15, -0.1) is 0 Å². The largest absolute Gasteiger partial charge is 0.495 e. The van der Waals surface area contributed by atoms with Gasteiger partial charge in [-0.05, 0) is 6.92 Å². The third kappa shape index (κ3) is 2.61. The van der Waals surface area contributed by atoms with Crippen LogP contribution in [0.25, 0.3) is 0 Å². The predicted molar refractivity (Wildman–Crippen MR) is 56.1 cm³/mol. The maximum absolute atomic E-state index is 12.8. The summed E-state index contributed by atoms with van der Waals surface area (Å²) in [6, 6.07) is 0. The SMILES string of the molecule is CCOC(=O)c1cnc(N)c(C(F)F)c1OC. The average molecular weight is 246 g/mol. The van der Waals surface area contributed by atoms with Crippen LogP contribution in [0.1, 0.15) is 29.3 Å². The minimum Gasteiger partial charge on any atom is -0.495 e. The molecule has 0 spiro atoms. The predicted octanol–water partition coefficient (Wildman–Crippen LogP) is 1.79. The van der Waals surface area contributed by atoms with Crippen molar-refractivity contribution in [2.24, 2.45) is 0 Å². The van der Waals surface area contributed by atoms with Crippen LogP contribution >= 0.6 is 0 Å². The molecule has 5 nitrogen and oxygen atoms in total. The van der Waals surface area contributed by atoms with Crippen molar-refractivity contribution in [3.63, 3.8) is 0 Å². The van der Waals surface area contributed by atoms with Crippen LogP contribution in [-0.2, 0) is 4.74 Å². The molecule has 2 N–H and O–H groups in total. The lowest BCUT2D eigenvalue weighted by Crippen LogP contribution is -2.11. The first kappa shape index (κ1) is 13.1. The maximum Gasteiger partial charge on any atom is 0.343 e. The fourth-order valence-electron chi connectivity index (χ4n) is 1.31. The molecule has 0 aliphatic heterocycles. The number of hydrogen-bond acceptors (Lipinski definition) is 5. The summed E-state index contributed by atoms with van der Waals surface area (Å²) in [4.78, 5) is 15.0. The van der Waals surface area contributed by atoms with Gasteiger partial charge >= 0.3 is 5.97 Å². The fraction of sp³-hybridized carbons (Fsp3) is 0.400. The fourth-order valence-corrected chi connectivity index (χ4v) is 1.31. The van der Waals surface area contributed by atoms with E-state index in [-0.39, 0.29) is 23.7 Å². The topological polar surface area (TPSA) is 74.4 Å². The van der Waals surface area contributed by atoms with Crippen LogP contribution in [0.3, 0.4) is 0 Å². The van der Waals surface area contributed by atoms with Gasteiger partial charge in [-0.3, -0.25) is 0 Å². The van der Waals surface area contributed by atoms with Crippen molar-refractivity contribution in [3.05, 3.63) is 17.3 Å². The summed E-state index contributed by atoms with van der Waals surface area (Å²) >= 11 is 0. The molecular formula is C10H12F2N2O3. The number of methoxy groups -OCH3 is 1. The summed E-state index contributed by atoms with van der Waals surface area (Å²) in [5.74, 6) is -1.45. The highest BCUT2D eigenvalue weighted by Gasteiger charge is 2.25.